The van der Waals surface area contributed by atoms with Gasteiger partial charge in [0.25, 0.3) is 0 Å². The smallest absolute Gasteiger partial charge is 0.309 e. The van der Waals surface area contributed by atoms with Gasteiger partial charge in [0.05, 0.1) is 19.1 Å². The van der Waals surface area contributed by atoms with Crippen LogP contribution in [0.2, 0.25) is 5.02 Å². The normalized spacial score (nSPS) is 17.1. The second-order valence-electron chi connectivity index (χ2n) is 6.25. The molecule has 26 heavy (non-hydrogen) atoms. The molecule has 0 bridgehead atoms. The molecule has 1 fully saturated rings. The molecule has 1 aliphatic heterocycles. The Morgan fingerprint density at radius 2 is 2.08 bits per heavy atom. The molecule has 1 aromatic rings. The van der Waals surface area contributed by atoms with Crippen LogP contribution in [0.25, 0.3) is 0 Å². The number of piperidine rings is 1. The minimum Gasteiger partial charge on any atom is -0.466 e. The van der Waals surface area contributed by atoms with Gasteiger partial charge in [0.1, 0.15) is 6.10 Å². The summed E-state index contributed by atoms with van der Waals surface area (Å²) in [5, 5.41) is 14.2. The Kier molecular flexibility index (Phi) is 8.19. The molecule has 1 atom stereocenters. The molecule has 0 spiro atoms. The molecule has 1 aliphatic rings. The zero-order valence-corrected chi connectivity index (χ0v) is 16.2. The molecule has 0 amide bonds. The first-order valence-corrected chi connectivity index (χ1v) is 9.57. The number of hydrogen-bond donors (Lipinski definition) is 2. The number of ether oxygens (including phenoxy) is 1. The Morgan fingerprint density at radius 3 is 2.69 bits per heavy atom. The molecule has 1 aromatic carbocycles. The Balaban J connectivity index is 1.97. The maximum Gasteiger partial charge on any atom is 0.309 e. The third kappa shape index (κ3) is 5.61. The number of carbonyl (C=O) groups excluding carboxylic acids is 1. The molecule has 1 heterocycles. The summed E-state index contributed by atoms with van der Waals surface area (Å²) < 4.78 is 5.11. The molecule has 2 rings (SSSR count). The average Bonchev–Trinajstić information content (AvgIpc) is 2.65. The van der Waals surface area contributed by atoms with Gasteiger partial charge in [-0.1, -0.05) is 29.8 Å². The van der Waals surface area contributed by atoms with E-state index in [0.717, 1.165) is 38.4 Å². The third-order valence-corrected chi connectivity index (χ3v) is 4.77. The number of aliphatic imine (C=N–C) groups is 1. The number of nitrogens with zero attached hydrogens (tertiary/aromatic N) is 2. The summed E-state index contributed by atoms with van der Waals surface area (Å²) in [6.45, 7) is 6.68. The van der Waals surface area contributed by atoms with E-state index < -0.39 is 6.10 Å². The van der Waals surface area contributed by atoms with Gasteiger partial charge in [-0.2, -0.15) is 0 Å². The zero-order chi connectivity index (χ0) is 18.9. The Morgan fingerprint density at radius 1 is 1.38 bits per heavy atom. The predicted octanol–water partition coefficient (Wildman–Crippen LogP) is 2.61. The maximum atomic E-state index is 11.9. The first kappa shape index (κ1) is 20.5. The summed E-state index contributed by atoms with van der Waals surface area (Å²) in [6, 6.07) is 7.24. The highest BCUT2D eigenvalue weighted by Crippen LogP contribution is 2.23. The highest BCUT2D eigenvalue weighted by molar-refractivity contribution is 6.31. The highest BCUT2D eigenvalue weighted by Gasteiger charge is 2.27. The molecule has 7 heteroatoms. The van der Waals surface area contributed by atoms with Crippen molar-refractivity contribution in [2.24, 2.45) is 10.9 Å². The van der Waals surface area contributed by atoms with Crippen LogP contribution in [0, 0.1) is 5.92 Å². The number of guanidine groups is 1. The van der Waals surface area contributed by atoms with Crippen LogP contribution in [0.4, 0.5) is 0 Å². The summed E-state index contributed by atoms with van der Waals surface area (Å²) >= 11 is 6.14. The Bertz CT molecular complexity index is 616. The number of aliphatic hydroxyl groups is 1. The number of esters is 1. The van der Waals surface area contributed by atoms with Gasteiger partial charge >= 0.3 is 5.97 Å². The van der Waals surface area contributed by atoms with Crippen molar-refractivity contribution < 1.29 is 14.6 Å². The number of carbonyl (C=O) groups is 1. The van der Waals surface area contributed by atoms with E-state index in [1.54, 1.807) is 12.1 Å². The topological polar surface area (TPSA) is 74.2 Å². The average molecular weight is 382 g/mol. The first-order chi connectivity index (χ1) is 12.6. The van der Waals surface area contributed by atoms with Crippen LogP contribution in [-0.4, -0.2) is 54.7 Å². The van der Waals surface area contributed by atoms with E-state index in [0.29, 0.717) is 17.2 Å². The van der Waals surface area contributed by atoms with Crippen molar-refractivity contribution >= 4 is 23.5 Å². The van der Waals surface area contributed by atoms with Crippen molar-refractivity contribution in [2.45, 2.75) is 32.8 Å². The molecule has 0 aliphatic carbocycles. The van der Waals surface area contributed by atoms with E-state index in [9.17, 15) is 9.90 Å². The number of rotatable bonds is 6. The van der Waals surface area contributed by atoms with Crippen molar-refractivity contribution in [1.82, 2.24) is 10.2 Å². The number of hydrogen-bond acceptors (Lipinski definition) is 4. The lowest BCUT2D eigenvalue weighted by molar-refractivity contribution is -0.149. The largest absolute Gasteiger partial charge is 0.466 e. The minimum absolute atomic E-state index is 0.0391. The number of aliphatic hydroxyl groups excluding tert-OH is 1. The lowest BCUT2D eigenvalue weighted by atomic mass is 9.97. The lowest BCUT2D eigenvalue weighted by Crippen LogP contribution is -2.47. The standard InChI is InChI=1S/C19H28ClN3O3/c1-3-21-19(22-13-17(24)15-7-5-6-8-16(15)20)23-11-9-14(10-12-23)18(25)26-4-2/h5-8,14,17,24H,3-4,9-13H2,1-2H3,(H,21,22). The van der Waals surface area contributed by atoms with E-state index in [1.165, 1.54) is 0 Å². The lowest BCUT2D eigenvalue weighted by Gasteiger charge is -2.33. The summed E-state index contributed by atoms with van der Waals surface area (Å²) in [5.41, 5.74) is 0.676. The Hall–Kier alpha value is -1.79. The first-order valence-electron chi connectivity index (χ1n) is 9.19. The van der Waals surface area contributed by atoms with Crippen LogP contribution in [-0.2, 0) is 9.53 Å². The van der Waals surface area contributed by atoms with Crippen molar-refractivity contribution in [3.63, 3.8) is 0 Å². The van der Waals surface area contributed by atoms with Gasteiger partial charge in [0.2, 0.25) is 0 Å². The van der Waals surface area contributed by atoms with Gasteiger partial charge in [-0.15, -0.1) is 0 Å². The molecule has 2 N–H and O–H groups in total. The summed E-state index contributed by atoms with van der Waals surface area (Å²) in [6.07, 6.45) is 0.738. The van der Waals surface area contributed by atoms with E-state index >= 15 is 0 Å². The molecule has 0 saturated carbocycles. The number of benzene rings is 1. The van der Waals surface area contributed by atoms with Gasteiger partial charge in [-0.25, -0.2) is 0 Å². The molecule has 0 radical (unpaired) electrons. The van der Waals surface area contributed by atoms with Crippen LogP contribution >= 0.6 is 11.6 Å². The molecule has 1 unspecified atom stereocenters. The third-order valence-electron chi connectivity index (χ3n) is 4.43. The quantitative estimate of drug-likeness (QED) is 0.450. The summed E-state index contributed by atoms with van der Waals surface area (Å²) in [5.74, 6) is 0.604. The van der Waals surface area contributed by atoms with E-state index in [4.69, 9.17) is 16.3 Å². The van der Waals surface area contributed by atoms with Gasteiger partial charge in [-0.3, -0.25) is 9.79 Å². The fourth-order valence-corrected chi connectivity index (χ4v) is 3.29. The van der Waals surface area contributed by atoms with Gasteiger partial charge in [-0.05, 0) is 32.8 Å². The number of likely N-dealkylation sites (tertiary alicyclic amines) is 1. The highest BCUT2D eigenvalue weighted by atomic mass is 35.5. The zero-order valence-electron chi connectivity index (χ0n) is 15.4. The molecule has 144 valence electrons. The van der Waals surface area contributed by atoms with Crippen molar-refractivity contribution in [3.05, 3.63) is 34.9 Å². The summed E-state index contributed by atoms with van der Waals surface area (Å²) in [4.78, 5) is 18.6. The fourth-order valence-electron chi connectivity index (χ4n) is 3.03. The number of halogens is 1. The van der Waals surface area contributed by atoms with Crippen LogP contribution in [0.3, 0.4) is 0 Å². The second-order valence-corrected chi connectivity index (χ2v) is 6.65. The van der Waals surface area contributed by atoms with Crippen LogP contribution in [0.1, 0.15) is 38.4 Å². The monoisotopic (exact) mass is 381 g/mol. The van der Waals surface area contributed by atoms with Crippen molar-refractivity contribution in [1.29, 1.82) is 0 Å². The number of nitrogens with one attached hydrogen (secondary N) is 1. The van der Waals surface area contributed by atoms with Gasteiger partial charge in [0.15, 0.2) is 5.96 Å². The van der Waals surface area contributed by atoms with E-state index in [1.807, 2.05) is 26.0 Å². The van der Waals surface area contributed by atoms with E-state index in [-0.39, 0.29) is 18.4 Å². The van der Waals surface area contributed by atoms with Gasteiger partial charge in [0, 0.05) is 30.2 Å². The molecule has 6 nitrogen and oxygen atoms in total. The van der Waals surface area contributed by atoms with Crippen molar-refractivity contribution in [3.8, 4) is 0 Å². The van der Waals surface area contributed by atoms with E-state index in [2.05, 4.69) is 15.2 Å². The SMILES string of the molecule is CCNC(=NCC(O)c1ccccc1Cl)N1CCC(C(=O)OCC)CC1. The molecule has 0 aromatic heterocycles. The van der Waals surface area contributed by atoms with Gasteiger partial charge < -0.3 is 20.1 Å². The molecular formula is C19H28ClN3O3. The Labute approximate surface area is 160 Å². The molecule has 1 saturated heterocycles. The predicted molar refractivity (Wildman–Crippen MR) is 103 cm³/mol. The van der Waals surface area contributed by atoms with Crippen LogP contribution in [0.5, 0.6) is 0 Å². The fraction of sp³-hybridized carbons (Fsp3) is 0.579. The molecular weight excluding hydrogens is 354 g/mol. The maximum absolute atomic E-state index is 11.9. The van der Waals surface area contributed by atoms with Crippen molar-refractivity contribution in [2.75, 3.05) is 32.8 Å². The van der Waals surface area contributed by atoms with Crippen LogP contribution in [0.15, 0.2) is 29.3 Å². The summed E-state index contributed by atoms with van der Waals surface area (Å²) in [7, 11) is 0. The second kappa shape index (κ2) is 10.4. The minimum atomic E-state index is -0.755. The van der Waals surface area contributed by atoms with Crippen LogP contribution < -0.4 is 5.32 Å².